The normalized spacial score (nSPS) is 20.4. The van der Waals surface area contributed by atoms with Crippen molar-refractivity contribution in [2.24, 2.45) is 0 Å². The van der Waals surface area contributed by atoms with E-state index in [1.165, 1.54) is 18.5 Å². The van der Waals surface area contributed by atoms with E-state index in [0.29, 0.717) is 27.8 Å². The van der Waals surface area contributed by atoms with Gasteiger partial charge >= 0.3 is 12.3 Å². The van der Waals surface area contributed by atoms with Gasteiger partial charge in [-0.2, -0.15) is 13.2 Å². The molecule has 2 unspecified atom stereocenters. The summed E-state index contributed by atoms with van der Waals surface area (Å²) in [6.07, 6.45) is -1.63. The summed E-state index contributed by atoms with van der Waals surface area (Å²) < 4.78 is 52.2. The third-order valence-corrected chi connectivity index (χ3v) is 6.03. The van der Waals surface area contributed by atoms with Gasteiger partial charge in [-0.25, -0.2) is 19.7 Å². The van der Waals surface area contributed by atoms with Crippen LogP contribution in [0.25, 0.3) is 0 Å². The molecule has 2 aromatic rings. The number of aryl methyl sites for hydroxylation is 1. The first kappa shape index (κ1) is 26.6. The molecule has 0 aromatic carbocycles. The SMILES string of the molecule is Cc1nc(OC2CCN(C(=O)OC(C)(C)C)C(C(F)(F)F)C2)ccc1NC(=O)c1cnc(C2CC2)nc1. The minimum Gasteiger partial charge on any atom is -0.474 e. The van der Waals surface area contributed by atoms with Gasteiger partial charge in [0.15, 0.2) is 0 Å². The van der Waals surface area contributed by atoms with Crippen LogP contribution in [0.4, 0.5) is 23.7 Å². The number of halogens is 3. The van der Waals surface area contributed by atoms with Crippen molar-refractivity contribution in [3.8, 4) is 5.88 Å². The molecule has 1 N–H and O–H groups in total. The minimum absolute atomic E-state index is 0.129. The van der Waals surface area contributed by atoms with Gasteiger partial charge in [-0.15, -0.1) is 0 Å². The third-order valence-electron chi connectivity index (χ3n) is 6.03. The molecule has 0 radical (unpaired) electrons. The van der Waals surface area contributed by atoms with Crippen LogP contribution in [0.3, 0.4) is 0 Å². The number of carbonyl (C=O) groups excluding carboxylic acids is 2. The van der Waals surface area contributed by atoms with E-state index < -0.39 is 42.3 Å². The van der Waals surface area contributed by atoms with Gasteiger partial charge in [-0.1, -0.05) is 0 Å². The van der Waals surface area contributed by atoms with Crippen molar-refractivity contribution in [3.05, 3.63) is 41.6 Å². The van der Waals surface area contributed by atoms with Crippen molar-refractivity contribution in [1.29, 1.82) is 0 Å². The largest absolute Gasteiger partial charge is 0.474 e. The maximum Gasteiger partial charge on any atom is 0.410 e. The van der Waals surface area contributed by atoms with Gasteiger partial charge in [0, 0.05) is 43.8 Å². The van der Waals surface area contributed by atoms with Crippen LogP contribution in [-0.4, -0.2) is 62.3 Å². The molecule has 2 fully saturated rings. The average Bonchev–Trinajstić information content (AvgIpc) is 3.65. The predicted molar refractivity (Wildman–Crippen MR) is 127 cm³/mol. The summed E-state index contributed by atoms with van der Waals surface area (Å²) in [4.78, 5) is 38.4. The lowest BCUT2D eigenvalue weighted by atomic mass is 9.99. The second-order valence-corrected chi connectivity index (χ2v) is 10.3. The van der Waals surface area contributed by atoms with Crippen molar-refractivity contribution < 1.29 is 32.2 Å². The van der Waals surface area contributed by atoms with Crippen LogP contribution >= 0.6 is 0 Å². The first-order valence-electron chi connectivity index (χ1n) is 12.1. The number of hydrogen-bond donors (Lipinski definition) is 1. The number of ether oxygens (including phenoxy) is 2. The highest BCUT2D eigenvalue weighted by molar-refractivity contribution is 6.04. The fourth-order valence-electron chi connectivity index (χ4n) is 4.00. The summed E-state index contributed by atoms with van der Waals surface area (Å²) in [5.74, 6) is 0.848. The molecule has 37 heavy (non-hydrogen) atoms. The van der Waals surface area contributed by atoms with Crippen molar-refractivity contribution in [3.63, 3.8) is 0 Å². The van der Waals surface area contributed by atoms with Crippen LogP contribution in [0.15, 0.2) is 24.5 Å². The maximum atomic E-state index is 13.8. The Morgan fingerprint density at radius 2 is 1.76 bits per heavy atom. The number of amides is 2. The predicted octanol–water partition coefficient (Wildman–Crippen LogP) is 5.02. The van der Waals surface area contributed by atoms with E-state index in [0.717, 1.165) is 18.7 Å². The Hall–Kier alpha value is -3.44. The summed E-state index contributed by atoms with van der Waals surface area (Å²) in [6.45, 7) is 6.28. The number of carbonyl (C=O) groups is 2. The highest BCUT2D eigenvalue weighted by Crippen LogP contribution is 2.37. The average molecular weight is 522 g/mol. The van der Waals surface area contributed by atoms with Crippen molar-refractivity contribution in [1.82, 2.24) is 19.9 Å². The lowest BCUT2D eigenvalue weighted by Crippen LogP contribution is -2.56. The molecule has 4 rings (SSSR count). The van der Waals surface area contributed by atoms with Gasteiger partial charge in [-0.3, -0.25) is 9.69 Å². The van der Waals surface area contributed by atoms with Gasteiger partial charge in [-0.05, 0) is 46.6 Å². The summed E-state index contributed by atoms with van der Waals surface area (Å²) in [6, 6.07) is 1.03. The second kappa shape index (κ2) is 10.1. The van der Waals surface area contributed by atoms with Crippen molar-refractivity contribution in [2.45, 2.75) is 83.2 Å². The fourth-order valence-corrected chi connectivity index (χ4v) is 4.00. The molecule has 12 heteroatoms. The van der Waals surface area contributed by atoms with Crippen LogP contribution in [0, 0.1) is 6.92 Å². The summed E-state index contributed by atoms with van der Waals surface area (Å²) in [5.41, 5.74) is 0.252. The smallest absolute Gasteiger partial charge is 0.410 e. The number of likely N-dealkylation sites (tertiary alicyclic amines) is 1. The molecule has 2 aromatic heterocycles. The van der Waals surface area contributed by atoms with Gasteiger partial charge in [0.2, 0.25) is 5.88 Å². The van der Waals surface area contributed by atoms with E-state index in [1.54, 1.807) is 33.8 Å². The Morgan fingerprint density at radius 1 is 1.08 bits per heavy atom. The fraction of sp³-hybridized carbons (Fsp3) is 0.560. The summed E-state index contributed by atoms with van der Waals surface area (Å²) in [7, 11) is 0. The molecule has 2 amide bonds. The molecule has 1 saturated carbocycles. The van der Waals surface area contributed by atoms with Crippen LogP contribution < -0.4 is 10.1 Å². The van der Waals surface area contributed by atoms with Gasteiger partial charge < -0.3 is 14.8 Å². The van der Waals surface area contributed by atoms with E-state index in [4.69, 9.17) is 9.47 Å². The Morgan fingerprint density at radius 3 is 2.32 bits per heavy atom. The molecule has 1 saturated heterocycles. The van der Waals surface area contributed by atoms with Crippen LogP contribution in [0.2, 0.25) is 0 Å². The Labute approximate surface area is 212 Å². The molecule has 9 nitrogen and oxygen atoms in total. The lowest BCUT2D eigenvalue weighted by Gasteiger charge is -2.40. The molecular formula is C25H30F3N5O4. The number of aromatic nitrogens is 3. The molecule has 3 heterocycles. The molecule has 0 bridgehead atoms. The Balaban J connectivity index is 1.38. The second-order valence-electron chi connectivity index (χ2n) is 10.3. The highest BCUT2D eigenvalue weighted by atomic mass is 19.4. The number of nitrogens with zero attached hydrogens (tertiary/aromatic N) is 4. The number of nitrogens with one attached hydrogen (secondary N) is 1. The lowest BCUT2D eigenvalue weighted by molar-refractivity contribution is -0.194. The molecule has 2 aliphatic rings. The molecule has 0 spiro atoms. The summed E-state index contributed by atoms with van der Waals surface area (Å²) >= 11 is 0. The quantitative estimate of drug-likeness (QED) is 0.589. The molecular weight excluding hydrogens is 491 g/mol. The molecule has 1 aliphatic heterocycles. The zero-order valence-corrected chi connectivity index (χ0v) is 21.1. The van der Waals surface area contributed by atoms with Crippen LogP contribution in [0.5, 0.6) is 5.88 Å². The zero-order valence-electron chi connectivity index (χ0n) is 21.1. The van der Waals surface area contributed by atoms with Crippen LogP contribution in [-0.2, 0) is 4.74 Å². The Kier molecular flexibility index (Phi) is 7.29. The number of anilines is 1. The van der Waals surface area contributed by atoms with Gasteiger partial charge in [0.1, 0.15) is 23.6 Å². The number of pyridine rings is 1. The highest BCUT2D eigenvalue weighted by Gasteiger charge is 2.50. The standard InChI is InChI=1S/C25H30F3N5O4/c1-14-18(32-22(34)16-12-29-21(30-13-16)15-5-6-15)7-8-20(31-14)36-17-9-10-33(19(11-17)25(26,27)28)23(35)37-24(2,3)4/h7-8,12-13,15,17,19H,5-6,9-11H2,1-4H3,(H,32,34). The topological polar surface area (TPSA) is 107 Å². The number of rotatable bonds is 5. The van der Waals surface area contributed by atoms with Crippen molar-refractivity contribution >= 4 is 17.7 Å². The molecule has 2 atom stereocenters. The van der Waals surface area contributed by atoms with E-state index in [1.807, 2.05) is 0 Å². The first-order valence-corrected chi connectivity index (χ1v) is 12.1. The molecule has 200 valence electrons. The van der Waals surface area contributed by atoms with E-state index in [2.05, 4.69) is 20.3 Å². The monoisotopic (exact) mass is 521 g/mol. The summed E-state index contributed by atoms with van der Waals surface area (Å²) in [5, 5.41) is 2.74. The van der Waals surface area contributed by atoms with Crippen LogP contribution in [0.1, 0.15) is 74.2 Å². The van der Waals surface area contributed by atoms with E-state index in [9.17, 15) is 22.8 Å². The van der Waals surface area contributed by atoms with Gasteiger partial charge in [0.25, 0.3) is 5.91 Å². The minimum atomic E-state index is -4.64. The van der Waals surface area contributed by atoms with Gasteiger partial charge in [0.05, 0.1) is 16.9 Å². The zero-order chi connectivity index (χ0) is 27.0. The first-order chi connectivity index (χ1) is 17.3. The van der Waals surface area contributed by atoms with E-state index in [-0.39, 0.29) is 18.8 Å². The number of alkyl halides is 3. The number of hydrogen-bond acceptors (Lipinski definition) is 7. The maximum absolute atomic E-state index is 13.8. The van der Waals surface area contributed by atoms with Crippen molar-refractivity contribution in [2.75, 3.05) is 11.9 Å². The number of piperidine rings is 1. The molecule has 1 aliphatic carbocycles. The Bertz CT molecular complexity index is 1150. The van der Waals surface area contributed by atoms with E-state index >= 15 is 0 Å². The third kappa shape index (κ3) is 6.86.